The molecule has 2 atom stereocenters. The molecule has 0 spiro atoms. The van der Waals surface area contributed by atoms with Crippen LogP contribution in [0.15, 0.2) is 24.3 Å². The highest BCUT2D eigenvalue weighted by molar-refractivity contribution is 6.30. The molecule has 0 aliphatic carbocycles. The van der Waals surface area contributed by atoms with Gasteiger partial charge in [0.15, 0.2) is 0 Å². The molecule has 1 aromatic carbocycles. The minimum Gasteiger partial charge on any atom is -0.480 e. The number of hydrogen-bond acceptors (Lipinski definition) is 4. The number of carboxylic acid groups (broad SMARTS) is 1. The van der Waals surface area contributed by atoms with Crippen molar-refractivity contribution in [3.63, 3.8) is 0 Å². The van der Waals surface area contributed by atoms with E-state index in [1.807, 2.05) is 12.1 Å². The van der Waals surface area contributed by atoms with Crippen LogP contribution < -0.4 is 5.32 Å². The van der Waals surface area contributed by atoms with Crippen LogP contribution in [0.5, 0.6) is 0 Å². The minimum atomic E-state index is -0.899. The fraction of sp³-hybridized carbons (Fsp3) is 0.417. The highest BCUT2D eigenvalue weighted by Crippen LogP contribution is 2.19. The van der Waals surface area contributed by atoms with E-state index in [1.165, 1.54) is 0 Å². The Morgan fingerprint density at radius 3 is 2.72 bits per heavy atom. The number of anilines is 1. The topological polar surface area (TPSA) is 72.8 Å². The lowest BCUT2D eigenvalue weighted by Crippen LogP contribution is -2.39. The predicted octanol–water partition coefficient (Wildman–Crippen LogP) is 1.23. The first-order valence-electron chi connectivity index (χ1n) is 5.70. The molecule has 1 saturated heterocycles. The van der Waals surface area contributed by atoms with Gasteiger partial charge in [-0.25, -0.2) is 0 Å². The summed E-state index contributed by atoms with van der Waals surface area (Å²) in [5, 5.41) is 22.3. The van der Waals surface area contributed by atoms with E-state index in [2.05, 4.69) is 5.32 Å². The average molecular weight is 271 g/mol. The van der Waals surface area contributed by atoms with Gasteiger partial charge in [-0.05, 0) is 24.3 Å². The number of rotatable bonds is 4. The van der Waals surface area contributed by atoms with E-state index in [-0.39, 0.29) is 6.42 Å². The fourth-order valence-electron chi connectivity index (χ4n) is 2.07. The number of aliphatic hydroxyl groups is 1. The van der Waals surface area contributed by atoms with Crippen LogP contribution in [-0.4, -0.2) is 46.4 Å². The van der Waals surface area contributed by atoms with Gasteiger partial charge in [-0.1, -0.05) is 11.6 Å². The Morgan fingerprint density at radius 2 is 2.11 bits per heavy atom. The van der Waals surface area contributed by atoms with Gasteiger partial charge < -0.3 is 15.5 Å². The number of nitrogens with zero attached hydrogens (tertiary/aromatic N) is 1. The molecule has 1 aliphatic heterocycles. The average Bonchev–Trinajstić information content (AvgIpc) is 2.70. The van der Waals surface area contributed by atoms with Crippen molar-refractivity contribution in [2.75, 3.05) is 18.5 Å². The lowest BCUT2D eigenvalue weighted by molar-refractivity contribution is -0.142. The molecule has 1 heterocycles. The molecule has 18 heavy (non-hydrogen) atoms. The molecule has 0 bridgehead atoms. The van der Waals surface area contributed by atoms with Crippen molar-refractivity contribution in [2.45, 2.75) is 18.6 Å². The van der Waals surface area contributed by atoms with E-state index < -0.39 is 18.1 Å². The van der Waals surface area contributed by atoms with Crippen LogP contribution in [0.2, 0.25) is 5.02 Å². The third-order valence-electron chi connectivity index (χ3n) is 3.00. The van der Waals surface area contributed by atoms with Gasteiger partial charge >= 0.3 is 5.97 Å². The number of nitrogens with one attached hydrogen (secondary N) is 1. The maximum absolute atomic E-state index is 11.0. The molecule has 0 radical (unpaired) electrons. The van der Waals surface area contributed by atoms with Crippen molar-refractivity contribution >= 4 is 23.3 Å². The quantitative estimate of drug-likeness (QED) is 0.767. The molecule has 3 N–H and O–H groups in total. The number of benzene rings is 1. The van der Waals surface area contributed by atoms with Crippen LogP contribution in [-0.2, 0) is 4.79 Å². The van der Waals surface area contributed by atoms with E-state index in [1.54, 1.807) is 17.0 Å². The molecule has 0 unspecified atom stereocenters. The van der Waals surface area contributed by atoms with Crippen molar-refractivity contribution in [3.8, 4) is 0 Å². The number of β-amino-alcohol motifs (C(OH)–C–C–N with tert-alkyl or cyclic N) is 1. The Balaban J connectivity index is 1.93. The van der Waals surface area contributed by atoms with Crippen molar-refractivity contribution in [2.24, 2.45) is 0 Å². The first-order chi connectivity index (χ1) is 8.56. The van der Waals surface area contributed by atoms with Gasteiger partial charge in [0, 0.05) is 23.7 Å². The van der Waals surface area contributed by atoms with E-state index in [0.29, 0.717) is 18.2 Å². The molecule has 0 amide bonds. The molecular weight excluding hydrogens is 256 g/mol. The summed E-state index contributed by atoms with van der Waals surface area (Å²) < 4.78 is 0. The zero-order valence-electron chi connectivity index (χ0n) is 9.71. The number of carbonyl (C=O) groups is 1. The highest BCUT2D eigenvalue weighted by atomic mass is 35.5. The van der Waals surface area contributed by atoms with Crippen molar-refractivity contribution in [3.05, 3.63) is 29.3 Å². The molecule has 0 saturated carbocycles. The Labute approximate surface area is 110 Å². The third-order valence-corrected chi connectivity index (χ3v) is 3.25. The van der Waals surface area contributed by atoms with Crippen LogP contribution >= 0.6 is 11.6 Å². The Bertz CT molecular complexity index is 424. The summed E-state index contributed by atoms with van der Waals surface area (Å²) in [5.74, 6) is -0.899. The summed E-state index contributed by atoms with van der Waals surface area (Å²) in [6.45, 7) is 0.757. The molecule has 1 fully saturated rings. The van der Waals surface area contributed by atoms with Crippen LogP contribution in [0.25, 0.3) is 0 Å². The first-order valence-corrected chi connectivity index (χ1v) is 6.08. The maximum atomic E-state index is 11.0. The van der Waals surface area contributed by atoms with E-state index >= 15 is 0 Å². The minimum absolute atomic E-state index is 0.275. The lowest BCUT2D eigenvalue weighted by atomic mass is 10.2. The third kappa shape index (κ3) is 3.13. The maximum Gasteiger partial charge on any atom is 0.321 e. The summed E-state index contributed by atoms with van der Waals surface area (Å²) in [5.41, 5.74) is 0.866. The first kappa shape index (κ1) is 13.1. The van der Waals surface area contributed by atoms with Gasteiger partial charge in [-0.3, -0.25) is 9.69 Å². The smallest absolute Gasteiger partial charge is 0.321 e. The SMILES string of the molecule is O=C(O)[C@@H]1C[C@H](O)CN1CNc1ccc(Cl)cc1. The molecule has 6 heteroatoms. The monoisotopic (exact) mass is 270 g/mol. The summed E-state index contributed by atoms with van der Waals surface area (Å²) in [6, 6.07) is 6.55. The molecular formula is C12H15ClN2O3. The van der Waals surface area contributed by atoms with Gasteiger partial charge in [0.25, 0.3) is 0 Å². The second-order valence-electron chi connectivity index (χ2n) is 4.36. The number of likely N-dealkylation sites (tertiary alicyclic amines) is 1. The van der Waals surface area contributed by atoms with Crippen LogP contribution in [0.4, 0.5) is 5.69 Å². The van der Waals surface area contributed by atoms with Crippen LogP contribution in [0.3, 0.4) is 0 Å². The standard InChI is InChI=1S/C12H15ClN2O3/c13-8-1-3-9(4-2-8)14-7-15-6-10(16)5-11(15)12(17)18/h1-4,10-11,14,16H,5-7H2,(H,17,18)/t10-,11-/m0/s1. The number of hydrogen-bond donors (Lipinski definition) is 3. The van der Waals surface area contributed by atoms with E-state index in [4.69, 9.17) is 16.7 Å². The normalized spacial score (nSPS) is 24.1. The van der Waals surface area contributed by atoms with Crippen LogP contribution in [0.1, 0.15) is 6.42 Å². The summed E-state index contributed by atoms with van der Waals surface area (Å²) in [4.78, 5) is 12.7. The number of carboxylic acids is 1. The second kappa shape index (κ2) is 5.56. The highest BCUT2D eigenvalue weighted by Gasteiger charge is 2.35. The summed E-state index contributed by atoms with van der Waals surface area (Å²) >= 11 is 5.77. The summed E-state index contributed by atoms with van der Waals surface area (Å²) in [7, 11) is 0. The van der Waals surface area contributed by atoms with Crippen molar-refractivity contribution in [1.82, 2.24) is 4.90 Å². The van der Waals surface area contributed by atoms with Gasteiger partial charge in [-0.15, -0.1) is 0 Å². The Hall–Kier alpha value is -1.30. The molecule has 1 aromatic rings. The molecule has 0 aromatic heterocycles. The molecule has 2 rings (SSSR count). The Kier molecular flexibility index (Phi) is 4.06. The number of halogens is 1. The van der Waals surface area contributed by atoms with Gasteiger partial charge in [0.1, 0.15) is 6.04 Å². The lowest BCUT2D eigenvalue weighted by Gasteiger charge is -2.21. The fourth-order valence-corrected chi connectivity index (χ4v) is 2.20. The van der Waals surface area contributed by atoms with Gasteiger partial charge in [-0.2, -0.15) is 0 Å². The van der Waals surface area contributed by atoms with Gasteiger partial charge in [0.05, 0.1) is 12.8 Å². The largest absolute Gasteiger partial charge is 0.480 e. The van der Waals surface area contributed by atoms with Crippen molar-refractivity contribution < 1.29 is 15.0 Å². The number of aliphatic hydroxyl groups excluding tert-OH is 1. The van der Waals surface area contributed by atoms with Gasteiger partial charge in [0.2, 0.25) is 0 Å². The predicted molar refractivity (Wildman–Crippen MR) is 68.7 cm³/mol. The second-order valence-corrected chi connectivity index (χ2v) is 4.79. The Morgan fingerprint density at radius 1 is 1.44 bits per heavy atom. The zero-order valence-corrected chi connectivity index (χ0v) is 10.5. The molecule has 5 nitrogen and oxygen atoms in total. The van der Waals surface area contributed by atoms with E-state index in [9.17, 15) is 9.90 Å². The van der Waals surface area contributed by atoms with Crippen LogP contribution in [0, 0.1) is 0 Å². The van der Waals surface area contributed by atoms with Crippen molar-refractivity contribution in [1.29, 1.82) is 0 Å². The molecule has 1 aliphatic rings. The van der Waals surface area contributed by atoms with E-state index in [0.717, 1.165) is 5.69 Å². The zero-order chi connectivity index (χ0) is 13.1. The number of aliphatic carboxylic acids is 1. The molecule has 98 valence electrons. The summed E-state index contributed by atoms with van der Waals surface area (Å²) in [6.07, 6.45) is -0.296.